The largest absolute Gasteiger partial charge is 0.352 e. The van der Waals surface area contributed by atoms with Gasteiger partial charge in [-0.15, -0.1) is 0 Å². The summed E-state index contributed by atoms with van der Waals surface area (Å²) in [6.45, 7) is 2.84. The van der Waals surface area contributed by atoms with Crippen LogP contribution in [0.25, 0.3) is 0 Å². The van der Waals surface area contributed by atoms with Gasteiger partial charge in [0.05, 0.1) is 0 Å². The zero-order valence-electron chi connectivity index (χ0n) is 10.8. The van der Waals surface area contributed by atoms with Crippen LogP contribution >= 0.6 is 15.9 Å². The van der Waals surface area contributed by atoms with Crippen molar-refractivity contribution in [2.45, 2.75) is 37.4 Å². The Balaban J connectivity index is 1.79. The summed E-state index contributed by atoms with van der Waals surface area (Å²) in [7, 11) is 0. The highest BCUT2D eigenvalue weighted by molar-refractivity contribution is 9.09. The van der Waals surface area contributed by atoms with Crippen molar-refractivity contribution in [2.24, 2.45) is 5.92 Å². The van der Waals surface area contributed by atoms with Gasteiger partial charge in [-0.05, 0) is 50.7 Å². The number of amides is 1. The lowest BCUT2D eigenvalue weighted by atomic mass is 9.89. The number of carbonyl (C=O) groups is 1. The Kier molecular flexibility index (Phi) is 4.81. The fourth-order valence-electron chi connectivity index (χ4n) is 2.37. The van der Waals surface area contributed by atoms with Crippen LogP contribution in [0.1, 0.15) is 41.6 Å². The third-order valence-electron chi connectivity index (χ3n) is 3.64. The van der Waals surface area contributed by atoms with Crippen molar-refractivity contribution in [1.29, 1.82) is 0 Å². The standard InChI is InChI=1S/C15H20BrNO/c1-11-2-6-13(7-3-11)15(18)17-10-12-4-8-14(16)9-5-12/h2-3,6-7,12,14H,4-5,8-10H2,1H3,(H,17,18). The Hall–Kier alpha value is -0.830. The molecule has 0 radical (unpaired) electrons. The number of aryl methyl sites for hydroxylation is 1. The van der Waals surface area contributed by atoms with Crippen LogP contribution in [0.4, 0.5) is 0 Å². The van der Waals surface area contributed by atoms with Crippen LogP contribution in [0.15, 0.2) is 24.3 Å². The van der Waals surface area contributed by atoms with Gasteiger partial charge in [0.2, 0.25) is 0 Å². The van der Waals surface area contributed by atoms with E-state index in [9.17, 15) is 4.79 Å². The minimum absolute atomic E-state index is 0.0518. The van der Waals surface area contributed by atoms with E-state index in [1.54, 1.807) is 0 Å². The maximum Gasteiger partial charge on any atom is 0.251 e. The Morgan fingerprint density at radius 2 is 1.83 bits per heavy atom. The number of hydrogen-bond donors (Lipinski definition) is 1. The Bertz CT molecular complexity index is 393. The van der Waals surface area contributed by atoms with Crippen molar-refractivity contribution < 1.29 is 4.79 Å². The molecule has 98 valence electrons. The molecule has 1 N–H and O–H groups in total. The summed E-state index contributed by atoms with van der Waals surface area (Å²) in [5, 5.41) is 3.05. The van der Waals surface area contributed by atoms with Gasteiger partial charge in [0.25, 0.3) is 5.91 Å². The number of carbonyl (C=O) groups excluding carboxylic acids is 1. The maximum atomic E-state index is 11.9. The molecule has 2 rings (SSSR count). The second-order valence-electron chi connectivity index (χ2n) is 5.19. The molecule has 1 fully saturated rings. The minimum atomic E-state index is 0.0518. The highest BCUT2D eigenvalue weighted by atomic mass is 79.9. The molecule has 3 heteroatoms. The van der Waals surface area contributed by atoms with Crippen molar-refractivity contribution in [3.05, 3.63) is 35.4 Å². The van der Waals surface area contributed by atoms with Crippen LogP contribution in [-0.2, 0) is 0 Å². The van der Waals surface area contributed by atoms with E-state index in [1.807, 2.05) is 31.2 Å². The SMILES string of the molecule is Cc1ccc(C(=O)NCC2CCC(Br)CC2)cc1. The smallest absolute Gasteiger partial charge is 0.251 e. The van der Waals surface area contributed by atoms with E-state index >= 15 is 0 Å². The summed E-state index contributed by atoms with van der Waals surface area (Å²) in [6, 6.07) is 7.73. The van der Waals surface area contributed by atoms with E-state index < -0.39 is 0 Å². The summed E-state index contributed by atoms with van der Waals surface area (Å²) in [6.07, 6.45) is 4.88. The molecule has 0 bridgehead atoms. The zero-order chi connectivity index (χ0) is 13.0. The molecule has 1 aliphatic rings. The molecule has 0 saturated heterocycles. The fourth-order valence-corrected chi connectivity index (χ4v) is 2.90. The predicted molar refractivity (Wildman–Crippen MR) is 78.2 cm³/mol. The average Bonchev–Trinajstić information content (AvgIpc) is 2.38. The summed E-state index contributed by atoms with van der Waals surface area (Å²) in [5.41, 5.74) is 1.94. The van der Waals surface area contributed by atoms with E-state index in [1.165, 1.54) is 31.2 Å². The van der Waals surface area contributed by atoms with Gasteiger partial charge < -0.3 is 5.32 Å². The number of rotatable bonds is 3. The first-order chi connectivity index (χ1) is 8.65. The quantitative estimate of drug-likeness (QED) is 0.848. The van der Waals surface area contributed by atoms with Gasteiger partial charge in [0.15, 0.2) is 0 Å². The molecule has 1 aromatic rings. The first-order valence-corrected chi connectivity index (χ1v) is 7.55. The molecule has 1 saturated carbocycles. The van der Waals surface area contributed by atoms with E-state index in [0.29, 0.717) is 10.7 Å². The lowest BCUT2D eigenvalue weighted by Crippen LogP contribution is -2.31. The van der Waals surface area contributed by atoms with E-state index in [0.717, 1.165) is 12.1 Å². The third kappa shape index (κ3) is 3.84. The minimum Gasteiger partial charge on any atom is -0.352 e. The van der Waals surface area contributed by atoms with E-state index in [4.69, 9.17) is 0 Å². The van der Waals surface area contributed by atoms with Crippen molar-refractivity contribution in [3.63, 3.8) is 0 Å². The number of halogens is 1. The van der Waals surface area contributed by atoms with Crippen LogP contribution in [-0.4, -0.2) is 17.3 Å². The third-order valence-corrected chi connectivity index (χ3v) is 4.56. The van der Waals surface area contributed by atoms with E-state index in [2.05, 4.69) is 21.2 Å². The van der Waals surface area contributed by atoms with Gasteiger partial charge in [-0.25, -0.2) is 0 Å². The molecule has 0 aromatic heterocycles. The first-order valence-electron chi connectivity index (χ1n) is 6.64. The number of hydrogen-bond acceptors (Lipinski definition) is 1. The summed E-state index contributed by atoms with van der Waals surface area (Å²) < 4.78 is 0. The lowest BCUT2D eigenvalue weighted by molar-refractivity contribution is 0.0944. The number of nitrogens with one attached hydrogen (secondary N) is 1. The van der Waals surface area contributed by atoms with Gasteiger partial charge >= 0.3 is 0 Å². The number of benzene rings is 1. The van der Waals surface area contributed by atoms with Crippen molar-refractivity contribution in [2.75, 3.05) is 6.54 Å². The Morgan fingerprint density at radius 1 is 1.22 bits per heavy atom. The normalized spacial score (nSPS) is 23.7. The van der Waals surface area contributed by atoms with Crippen LogP contribution < -0.4 is 5.32 Å². The molecule has 0 spiro atoms. The Labute approximate surface area is 117 Å². The zero-order valence-corrected chi connectivity index (χ0v) is 12.4. The lowest BCUT2D eigenvalue weighted by Gasteiger charge is -2.25. The molecule has 18 heavy (non-hydrogen) atoms. The summed E-state index contributed by atoms with van der Waals surface area (Å²) >= 11 is 3.65. The monoisotopic (exact) mass is 309 g/mol. The highest BCUT2D eigenvalue weighted by Crippen LogP contribution is 2.28. The molecule has 1 amide bonds. The molecule has 1 aliphatic carbocycles. The summed E-state index contributed by atoms with van der Waals surface area (Å²) in [4.78, 5) is 12.6. The van der Waals surface area contributed by atoms with Crippen LogP contribution in [0.3, 0.4) is 0 Å². The number of alkyl halides is 1. The van der Waals surface area contributed by atoms with Gasteiger partial charge in [-0.3, -0.25) is 4.79 Å². The molecule has 2 nitrogen and oxygen atoms in total. The first kappa shape index (κ1) is 13.6. The van der Waals surface area contributed by atoms with Crippen LogP contribution in [0.5, 0.6) is 0 Å². The predicted octanol–water partition coefficient (Wildman–Crippen LogP) is 3.68. The van der Waals surface area contributed by atoms with E-state index in [-0.39, 0.29) is 5.91 Å². The van der Waals surface area contributed by atoms with Crippen LogP contribution in [0, 0.1) is 12.8 Å². The van der Waals surface area contributed by atoms with Gasteiger partial charge in [-0.1, -0.05) is 33.6 Å². The second-order valence-corrected chi connectivity index (χ2v) is 6.49. The molecule has 0 unspecified atom stereocenters. The highest BCUT2D eigenvalue weighted by Gasteiger charge is 2.19. The second kappa shape index (κ2) is 6.37. The fraction of sp³-hybridized carbons (Fsp3) is 0.533. The molecule has 1 aromatic carbocycles. The molecular formula is C15H20BrNO. The molecule has 0 heterocycles. The van der Waals surface area contributed by atoms with Gasteiger partial charge in [0.1, 0.15) is 0 Å². The molecule has 0 atom stereocenters. The van der Waals surface area contributed by atoms with Gasteiger partial charge in [0, 0.05) is 16.9 Å². The van der Waals surface area contributed by atoms with Crippen molar-refractivity contribution >= 4 is 21.8 Å². The summed E-state index contributed by atoms with van der Waals surface area (Å²) in [5.74, 6) is 0.698. The Morgan fingerprint density at radius 3 is 2.44 bits per heavy atom. The maximum absolute atomic E-state index is 11.9. The molecular weight excluding hydrogens is 290 g/mol. The average molecular weight is 310 g/mol. The van der Waals surface area contributed by atoms with Gasteiger partial charge in [-0.2, -0.15) is 0 Å². The van der Waals surface area contributed by atoms with Crippen molar-refractivity contribution in [3.8, 4) is 0 Å². The van der Waals surface area contributed by atoms with Crippen molar-refractivity contribution in [1.82, 2.24) is 5.32 Å². The molecule has 0 aliphatic heterocycles. The van der Waals surface area contributed by atoms with Crippen LogP contribution in [0.2, 0.25) is 0 Å². The topological polar surface area (TPSA) is 29.1 Å².